The zero-order valence-electron chi connectivity index (χ0n) is 9.72. The molecule has 0 unspecified atom stereocenters. The van der Waals surface area contributed by atoms with Gasteiger partial charge in [0, 0.05) is 13.2 Å². The fraction of sp³-hybridized carbons (Fsp3) is 0.462. The highest BCUT2D eigenvalue weighted by Gasteiger charge is 2.16. The molecule has 1 aliphatic rings. The van der Waals surface area contributed by atoms with Crippen molar-refractivity contribution < 1.29 is 14.3 Å². The number of benzene rings is 1. The molecule has 92 valence electrons. The van der Waals surface area contributed by atoms with Gasteiger partial charge in [0.1, 0.15) is 5.75 Å². The van der Waals surface area contributed by atoms with Gasteiger partial charge < -0.3 is 15.2 Å². The van der Waals surface area contributed by atoms with E-state index in [1.54, 1.807) is 18.2 Å². The average molecular weight is 235 g/mol. The van der Waals surface area contributed by atoms with Crippen LogP contribution in [0.1, 0.15) is 23.2 Å². The number of nitrogens with two attached hydrogens (primary N) is 1. The minimum Gasteiger partial charge on any atom is -0.492 e. The van der Waals surface area contributed by atoms with Crippen LogP contribution < -0.4 is 10.5 Å². The normalized spacial score (nSPS) is 16.7. The fourth-order valence-electron chi connectivity index (χ4n) is 1.92. The van der Waals surface area contributed by atoms with E-state index in [0.29, 0.717) is 23.8 Å². The van der Waals surface area contributed by atoms with E-state index in [-0.39, 0.29) is 0 Å². The Balaban J connectivity index is 1.96. The summed E-state index contributed by atoms with van der Waals surface area (Å²) >= 11 is 0. The number of carbonyl (C=O) groups is 1. The van der Waals surface area contributed by atoms with Crippen LogP contribution in [0.3, 0.4) is 0 Å². The summed E-state index contributed by atoms with van der Waals surface area (Å²) in [5.41, 5.74) is 5.73. The molecule has 0 atom stereocenters. The molecule has 4 heteroatoms. The fourth-order valence-corrected chi connectivity index (χ4v) is 1.92. The monoisotopic (exact) mass is 235 g/mol. The molecule has 1 saturated heterocycles. The standard InChI is InChI=1S/C13H17NO3/c14-13(15)11-3-1-2-4-12(11)17-9-10-5-7-16-8-6-10/h1-4,10H,5-9H2,(H2,14,15). The van der Waals surface area contributed by atoms with E-state index in [1.807, 2.05) is 6.07 Å². The lowest BCUT2D eigenvalue weighted by Crippen LogP contribution is -2.22. The first-order valence-electron chi connectivity index (χ1n) is 5.87. The van der Waals surface area contributed by atoms with Crippen molar-refractivity contribution in [1.82, 2.24) is 0 Å². The van der Waals surface area contributed by atoms with E-state index in [0.717, 1.165) is 26.1 Å². The number of ether oxygens (including phenoxy) is 2. The van der Waals surface area contributed by atoms with Crippen LogP contribution in [0.5, 0.6) is 5.75 Å². The minimum absolute atomic E-state index is 0.444. The molecule has 2 rings (SSSR count). The maximum atomic E-state index is 11.2. The average Bonchev–Trinajstić information content (AvgIpc) is 2.38. The smallest absolute Gasteiger partial charge is 0.252 e. The molecule has 0 radical (unpaired) electrons. The van der Waals surface area contributed by atoms with E-state index in [9.17, 15) is 4.79 Å². The summed E-state index contributed by atoms with van der Waals surface area (Å²) in [4.78, 5) is 11.2. The summed E-state index contributed by atoms with van der Waals surface area (Å²) < 4.78 is 11.0. The third kappa shape index (κ3) is 3.20. The molecule has 1 amide bonds. The van der Waals surface area contributed by atoms with Crippen molar-refractivity contribution in [1.29, 1.82) is 0 Å². The Morgan fingerprint density at radius 2 is 2.06 bits per heavy atom. The van der Waals surface area contributed by atoms with E-state index in [1.165, 1.54) is 0 Å². The van der Waals surface area contributed by atoms with Crippen LogP contribution in [0.2, 0.25) is 0 Å². The molecule has 2 N–H and O–H groups in total. The van der Waals surface area contributed by atoms with E-state index in [4.69, 9.17) is 15.2 Å². The highest BCUT2D eigenvalue weighted by molar-refractivity contribution is 5.95. The first kappa shape index (κ1) is 11.9. The molecule has 0 aliphatic carbocycles. The van der Waals surface area contributed by atoms with Crippen LogP contribution in [0.25, 0.3) is 0 Å². The summed E-state index contributed by atoms with van der Waals surface area (Å²) in [7, 11) is 0. The molecule has 1 fully saturated rings. The Kier molecular flexibility index (Phi) is 3.98. The molecule has 0 bridgehead atoms. The van der Waals surface area contributed by atoms with Crippen LogP contribution >= 0.6 is 0 Å². The molecular formula is C13H17NO3. The molecule has 1 aromatic rings. The summed E-state index contributed by atoms with van der Waals surface area (Å²) in [6, 6.07) is 7.08. The van der Waals surface area contributed by atoms with Crippen molar-refractivity contribution in [2.75, 3.05) is 19.8 Å². The highest BCUT2D eigenvalue weighted by atomic mass is 16.5. The molecule has 0 saturated carbocycles. The first-order valence-corrected chi connectivity index (χ1v) is 5.87. The molecule has 0 spiro atoms. The van der Waals surface area contributed by atoms with Crippen molar-refractivity contribution in [3.05, 3.63) is 29.8 Å². The van der Waals surface area contributed by atoms with E-state index >= 15 is 0 Å². The molecule has 1 aromatic carbocycles. The van der Waals surface area contributed by atoms with Gasteiger partial charge in [-0.3, -0.25) is 4.79 Å². The van der Waals surface area contributed by atoms with Crippen LogP contribution in [0, 0.1) is 5.92 Å². The lowest BCUT2D eigenvalue weighted by atomic mass is 10.0. The number of hydrogen-bond donors (Lipinski definition) is 1. The Labute approximate surface area is 101 Å². The maximum absolute atomic E-state index is 11.2. The lowest BCUT2D eigenvalue weighted by Gasteiger charge is -2.22. The van der Waals surface area contributed by atoms with Gasteiger partial charge in [0.05, 0.1) is 12.2 Å². The molecule has 4 nitrogen and oxygen atoms in total. The van der Waals surface area contributed by atoms with Crippen molar-refractivity contribution >= 4 is 5.91 Å². The van der Waals surface area contributed by atoms with Crippen molar-refractivity contribution in [3.63, 3.8) is 0 Å². The zero-order chi connectivity index (χ0) is 12.1. The Bertz CT molecular complexity index is 386. The number of primary amides is 1. The van der Waals surface area contributed by atoms with Gasteiger partial charge in [-0.1, -0.05) is 12.1 Å². The maximum Gasteiger partial charge on any atom is 0.252 e. The Hall–Kier alpha value is -1.55. The zero-order valence-corrected chi connectivity index (χ0v) is 9.72. The summed E-state index contributed by atoms with van der Waals surface area (Å²) in [5.74, 6) is 0.628. The summed E-state index contributed by atoms with van der Waals surface area (Å²) in [6.45, 7) is 2.21. The quantitative estimate of drug-likeness (QED) is 0.862. The Morgan fingerprint density at radius 3 is 2.76 bits per heavy atom. The topological polar surface area (TPSA) is 61.6 Å². The third-order valence-corrected chi connectivity index (χ3v) is 2.97. The van der Waals surface area contributed by atoms with Gasteiger partial charge >= 0.3 is 0 Å². The van der Waals surface area contributed by atoms with Crippen molar-refractivity contribution in [3.8, 4) is 5.75 Å². The highest BCUT2D eigenvalue weighted by Crippen LogP contribution is 2.21. The second-order valence-electron chi connectivity index (χ2n) is 4.23. The minimum atomic E-state index is -0.451. The van der Waals surface area contributed by atoms with Crippen molar-refractivity contribution in [2.24, 2.45) is 11.7 Å². The molecule has 1 aliphatic heterocycles. The molecule has 17 heavy (non-hydrogen) atoms. The van der Waals surface area contributed by atoms with Gasteiger partial charge in [0.15, 0.2) is 0 Å². The van der Waals surface area contributed by atoms with Gasteiger partial charge in [0.25, 0.3) is 5.91 Å². The second-order valence-corrected chi connectivity index (χ2v) is 4.23. The first-order chi connectivity index (χ1) is 8.27. The van der Waals surface area contributed by atoms with Gasteiger partial charge in [0.2, 0.25) is 0 Å². The van der Waals surface area contributed by atoms with E-state index < -0.39 is 5.91 Å². The van der Waals surface area contributed by atoms with Crippen LogP contribution in [0.15, 0.2) is 24.3 Å². The number of para-hydroxylation sites is 1. The predicted octanol–water partition coefficient (Wildman–Crippen LogP) is 1.59. The lowest BCUT2D eigenvalue weighted by molar-refractivity contribution is 0.0495. The van der Waals surface area contributed by atoms with Gasteiger partial charge in [-0.25, -0.2) is 0 Å². The van der Waals surface area contributed by atoms with Crippen molar-refractivity contribution in [2.45, 2.75) is 12.8 Å². The third-order valence-electron chi connectivity index (χ3n) is 2.97. The van der Waals surface area contributed by atoms with Crippen LogP contribution in [-0.2, 0) is 4.74 Å². The van der Waals surface area contributed by atoms with Gasteiger partial charge in [-0.15, -0.1) is 0 Å². The van der Waals surface area contributed by atoms with Gasteiger partial charge in [-0.2, -0.15) is 0 Å². The number of hydrogen-bond acceptors (Lipinski definition) is 3. The number of carbonyl (C=O) groups excluding carboxylic acids is 1. The predicted molar refractivity (Wildman–Crippen MR) is 64.0 cm³/mol. The number of amides is 1. The largest absolute Gasteiger partial charge is 0.492 e. The van der Waals surface area contributed by atoms with Crippen LogP contribution in [-0.4, -0.2) is 25.7 Å². The molecule has 0 aromatic heterocycles. The van der Waals surface area contributed by atoms with E-state index in [2.05, 4.69) is 0 Å². The van der Waals surface area contributed by atoms with Gasteiger partial charge in [-0.05, 0) is 30.9 Å². The summed E-state index contributed by atoms with van der Waals surface area (Å²) in [6.07, 6.45) is 2.03. The Morgan fingerprint density at radius 1 is 1.35 bits per heavy atom. The second kappa shape index (κ2) is 5.68. The molecular weight excluding hydrogens is 218 g/mol. The SMILES string of the molecule is NC(=O)c1ccccc1OCC1CCOCC1. The summed E-state index contributed by atoms with van der Waals surface area (Å²) in [5, 5.41) is 0. The molecule has 1 heterocycles. The van der Waals surface area contributed by atoms with Crippen LogP contribution in [0.4, 0.5) is 0 Å². The number of rotatable bonds is 4.